The van der Waals surface area contributed by atoms with Gasteiger partial charge in [0.1, 0.15) is 35.1 Å². The minimum atomic E-state index is -1.06. The van der Waals surface area contributed by atoms with Gasteiger partial charge in [-0.05, 0) is 80.6 Å². The summed E-state index contributed by atoms with van der Waals surface area (Å²) in [5.74, 6) is -1.05. The number of piperidine rings is 1. The predicted octanol–water partition coefficient (Wildman–Crippen LogP) is 2.67. The Morgan fingerprint density at radius 2 is 1.67 bits per heavy atom. The first-order valence-corrected chi connectivity index (χ1v) is 21.4. The molecule has 3 aromatic heterocycles. The molecule has 3 N–H and O–H groups in total. The number of hydrogen-bond acceptors (Lipinski definition) is 14. The molecule has 330 valence electrons. The summed E-state index contributed by atoms with van der Waals surface area (Å²) in [6.45, 7) is 5.99. The van der Waals surface area contributed by atoms with E-state index in [2.05, 4.69) is 45.4 Å². The lowest BCUT2D eigenvalue weighted by Crippen LogP contribution is -2.54. The maximum absolute atomic E-state index is 13.1. The summed E-state index contributed by atoms with van der Waals surface area (Å²) in [7, 11) is 0. The van der Waals surface area contributed by atoms with E-state index >= 15 is 0 Å². The van der Waals surface area contributed by atoms with Crippen LogP contribution in [0.3, 0.4) is 0 Å². The lowest BCUT2D eigenvalue weighted by Gasteiger charge is -2.36. The maximum Gasteiger partial charge on any atom is 0.270 e. The molecule has 5 aromatic rings. The van der Waals surface area contributed by atoms with Gasteiger partial charge in [0.2, 0.25) is 11.8 Å². The normalized spacial score (nSPS) is 19.9. The summed E-state index contributed by atoms with van der Waals surface area (Å²) >= 11 is 0. The Labute approximate surface area is 367 Å². The molecule has 2 aromatic carbocycles. The van der Waals surface area contributed by atoms with Crippen molar-refractivity contribution in [2.75, 3.05) is 51.3 Å². The molecule has 6 heterocycles. The number of hydrogen-bond donors (Lipinski definition) is 3. The third-order valence-electron chi connectivity index (χ3n) is 12.1. The minimum Gasteiger partial charge on any atom is -0.494 e. The molecule has 3 aliphatic heterocycles. The molecule has 4 aliphatic rings. The number of nitrogens with one attached hydrogen (secondary N) is 3. The number of carbonyl (C=O) groups is 6. The van der Waals surface area contributed by atoms with Crippen molar-refractivity contribution >= 4 is 52.4 Å². The Morgan fingerprint density at radius 1 is 0.875 bits per heavy atom. The van der Waals surface area contributed by atoms with Crippen molar-refractivity contribution < 1.29 is 38.2 Å². The molecule has 9 rings (SSSR count). The van der Waals surface area contributed by atoms with Gasteiger partial charge in [-0.1, -0.05) is 18.2 Å². The molecule has 3 fully saturated rings. The molecule has 1 unspecified atom stereocenters. The zero-order valence-electron chi connectivity index (χ0n) is 35.2. The maximum atomic E-state index is 13.1. The standard InChI is InChI=1S/C45H47N11O8/c1-27-5-2-8-35(50-27)42(59)51-29-20-30(21-29)55-26-49-39-40(47-25-48-41(39)55)46-23-28-6-3-7-31(19-28)63-18-4-13-53-14-16-54(17-15-53)38(58)24-64-32-9-10-33-34(22-32)45(62)56(44(33)61)36-11-12-37(57)52-43(36)60/h2-3,5-10,19,22,25-26,29-30,36H,4,11-18,20-21,23-24H2,1H3,(H,51,59)(H,46,47,48)(H,52,57,60). The number of imide groups is 2. The number of aryl methyl sites for hydroxylation is 1. The van der Waals surface area contributed by atoms with Gasteiger partial charge in [0.25, 0.3) is 23.6 Å². The van der Waals surface area contributed by atoms with E-state index in [9.17, 15) is 28.8 Å². The molecular weight excluding hydrogens is 823 g/mol. The van der Waals surface area contributed by atoms with Gasteiger partial charge in [0.05, 0.1) is 24.1 Å². The molecule has 1 aliphatic carbocycles. The zero-order chi connectivity index (χ0) is 44.3. The van der Waals surface area contributed by atoms with Crippen LogP contribution in [0.15, 0.2) is 73.3 Å². The van der Waals surface area contributed by atoms with Gasteiger partial charge in [0, 0.05) is 63.5 Å². The summed E-state index contributed by atoms with van der Waals surface area (Å²) in [4.78, 5) is 98.6. The summed E-state index contributed by atoms with van der Waals surface area (Å²) in [5, 5.41) is 8.67. The molecule has 2 saturated heterocycles. The lowest BCUT2D eigenvalue weighted by atomic mass is 9.86. The number of aromatic nitrogens is 5. The number of carbonyl (C=O) groups excluding carboxylic acids is 6. The molecule has 0 spiro atoms. The third kappa shape index (κ3) is 8.96. The first-order chi connectivity index (χ1) is 31.1. The highest BCUT2D eigenvalue weighted by molar-refractivity contribution is 6.23. The average Bonchev–Trinajstić information content (AvgIpc) is 3.82. The molecule has 64 heavy (non-hydrogen) atoms. The number of amides is 6. The fraction of sp³-hybridized carbons (Fsp3) is 0.378. The quantitative estimate of drug-likeness (QED) is 0.102. The van der Waals surface area contributed by atoms with E-state index in [0.717, 1.165) is 53.4 Å². The van der Waals surface area contributed by atoms with Crippen molar-refractivity contribution in [3.63, 3.8) is 0 Å². The van der Waals surface area contributed by atoms with Crippen molar-refractivity contribution in [2.24, 2.45) is 0 Å². The van der Waals surface area contributed by atoms with E-state index in [1.165, 1.54) is 24.5 Å². The predicted molar refractivity (Wildman–Crippen MR) is 229 cm³/mol. The van der Waals surface area contributed by atoms with Crippen LogP contribution in [0.5, 0.6) is 11.5 Å². The van der Waals surface area contributed by atoms with E-state index in [0.29, 0.717) is 56.4 Å². The fourth-order valence-corrected chi connectivity index (χ4v) is 8.52. The summed E-state index contributed by atoms with van der Waals surface area (Å²) in [6.07, 6.45) is 5.77. The van der Waals surface area contributed by atoms with Gasteiger partial charge in [-0.25, -0.2) is 19.9 Å². The topological polar surface area (TPSA) is 223 Å². The molecule has 0 bridgehead atoms. The van der Waals surface area contributed by atoms with E-state index in [-0.39, 0.29) is 60.2 Å². The van der Waals surface area contributed by atoms with Crippen molar-refractivity contribution in [1.82, 2.24) is 49.8 Å². The highest BCUT2D eigenvalue weighted by atomic mass is 16.5. The van der Waals surface area contributed by atoms with Crippen LogP contribution < -0.4 is 25.4 Å². The van der Waals surface area contributed by atoms with Gasteiger partial charge in [-0.15, -0.1) is 0 Å². The summed E-state index contributed by atoms with van der Waals surface area (Å²) < 4.78 is 13.9. The Hall–Kier alpha value is -7.28. The van der Waals surface area contributed by atoms with Crippen LogP contribution in [0.4, 0.5) is 5.82 Å². The molecule has 1 atom stereocenters. The zero-order valence-corrected chi connectivity index (χ0v) is 35.2. The molecule has 6 amide bonds. The Balaban J connectivity index is 0.679. The number of ether oxygens (including phenoxy) is 2. The first-order valence-electron chi connectivity index (χ1n) is 21.4. The van der Waals surface area contributed by atoms with Gasteiger partial charge in [-0.2, -0.15) is 0 Å². The lowest BCUT2D eigenvalue weighted by molar-refractivity contribution is -0.136. The van der Waals surface area contributed by atoms with Gasteiger partial charge in [0.15, 0.2) is 18.1 Å². The second kappa shape index (κ2) is 18.2. The average molecular weight is 870 g/mol. The second-order valence-electron chi connectivity index (χ2n) is 16.4. The summed E-state index contributed by atoms with van der Waals surface area (Å²) in [6, 6.07) is 16.9. The SMILES string of the molecule is Cc1cccc(C(=O)NC2CC(n3cnc4c(NCc5cccc(OCCCN6CCN(C(=O)COc7ccc8c(c7)C(=O)N(C7CCC(=O)NC7=O)C8=O)CC6)c5)ncnc43)C2)n1. The van der Waals surface area contributed by atoms with Crippen LogP contribution in [0.2, 0.25) is 0 Å². The minimum absolute atomic E-state index is 0.0343. The number of piperazine rings is 1. The third-order valence-corrected chi connectivity index (χ3v) is 12.1. The number of anilines is 1. The summed E-state index contributed by atoms with van der Waals surface area (Å²) in [5.41, 5.74) is 3.89. The number of benzene rings is 2. The molecule has 19 nitrogen and oxygen atoms in total. The van der Waals surface area contributed by atoms with Gasteiger partial charge >= 0.3 is 0 Å². The smallest absolute Gasteiger partial charge is 0.270 e. The van der Waals surface area contributed by atoms with Crippen LogP contribution in [0.25, 0.3) is 11.2 Å². The Morgan fingerprint density at radius 3 is 2.48 bits per heavy atom. The number of fused-ring (bicyclic) bond motifs is 2. The second-order valence-corrected chi connectivity index (χ2v) is 16.4. The van der Waals surface area contributed by atoms with Crippen LogP contribution in [0, 0.1) is 6.92 Å². The number of imidazole rings is 1. The van der Waals surface area contributed by atoms with Crippen molar-refractivity contribution in [1.29, 1.82) is 0 Å². The molecule has 0 radical (unpaired) electrons. The van der Waals surface area contributed by atoms with E-state index in [1.54, 1.807) is 17.3 Å². The van der Waals surface area contributed by atoms with Crippen LogP contribution in [-0.2, 0) is 20.9 Å². The van der Waals surface area contributed by atoms with E-state index in [4.69, 9.17) is 9.47 Å². The highest BCUT2D eigenvalue weighted by Gasteiger charge is 2.45. The molecule has 1 saturated carbocycles. The molecule has 19 heteroatoms. The number of nitrogens with zero attached hydrogens (tertiary/aromatic N) is 8. The number of pyridine rings is 1. The fourth-order valence-electron chi connectivity index (χ4n) is 8.52. The van der Waals surface area contributed by atoms with Crippen LogP contribution in [0.1, 0.15) is 80.6 Å². The van der Waals surface area contributed by atoms with Gasteiger partial charge in [-0.3, -0.25) is 43.9 Å². The van der Waals surface area contributed by atoms with E-state index in [1.807, 2.05) is 43.3 Å². The monoisotopic (exact) mass is 869 g/mol. The van der Waals surface area contributed by atoms with Gasteiger partial charge < -0.3 is 29.6 Å². The highest BCUT2D eigenvalue weighted by Crippen LogP contribution is 2.35. The van der Waals surface area contributed by atoms with Crippen molar-refractivity contribution in [2.45, 2.75) is 63.7 Å². The van der Waals surface area contributed by atoms with Crippen molar-refractivity contribution in [3.8, 4) is 11.5 Å². The Bertz CT molecular complexity index is 2640. The molecular formula is C45H47N11O8. The Kier molecular flexibility index (Phi) is 12.0. The van der Waals surface area contributed by atoms with Crippen molar-refractivity contribution in [3.05, 3.63) is 101 Å². The van der Waals surface area contributed by atoms with E-state index < -0.39 is 29.7 Å². The van der Waals surface area contributed by atoms with Crippen LogP contribution in [-0.4, -0.2) is 133 Å². The number of rotatable bonds is 15. The first kappa shape index (κ1) is 42.0. The van der Waals surface area contributed by atoms with Crippen LogP contribution >= 0.6 is 0 Å². The largest absolute Gasteiger partial charge is 0.494 e.